The molecule has 0 aliphatic carbocycles. The molecule has 1 fully saturated rings. The standard InChI is InChI=1S/C25H30N4O4S/c1-17-15-19(3)22(16-18(17)2)34(32,33)28-13-11-27(12-14-28)23-20(4)29(21-9-7-6-8-10-21)25(31)26(5)24(23)30/h6-10,15-16H,11-14H2,1-5H3. The van der Waals surface area contributed by atoms with Crippen molar-refractivity contribution in [2.24, 2.45) is 7.05 Å². The summed E-state index contributed by atoms with van der Waals surface area (Å²) in [5.74, 6) is 0. The normalized spacial score (nSPS) is 15.0. The molecule has 0 spiro atoms. The topological polar surface area (TPSA) is 84.6 Å². The summed E-state index contributed by atoms with van der Waals surface area (Å²) in [5.41, 5.74) is 3.57. The van der Waals surface area contributed by atoms with Crippen molar-refractivity contribution < 1.29 is 8.42 Å². The predicted molar refractivity (Wildman–Crippen MR) is 134 cm³/mol. The molecule has 3 aromatic rings. The molecular weight excluding hydrogens is 452 g/mol. The number of anilines is 1. The van der Waals surface area contributed by atoms with E-state index in [4.69, 9.17) is 0 Å². The smallest absolute Gasteiger partial charge is 0.335 e. The Morgan fingerprint density at radius 3 is 2.00 bits per heavy atom. The van der Waals surface area contributed by atoms with Crippen LogP contribution in [0.5, 0.6) is 0 Å². The number of aromatic nitrogens is 2. The molecule has 2 heterocycles. The van der Waals surface area contributed by atoms with Gasteiger partial charge in [-0.15, -0.1) is 0 Å². The van der Waals surface area contributed by atoms with Crippen LogP contribution in [0, 0.1) is 27.7 Å². The van der Waals surface area contributed by atoms with Crippen molar-refractivity contribution >= 4 is 15.7 Å². The zero-order valence-corrected chi connectivity index (χ0v) is 21.0. The molecule has 0 amide bonds. The third-order valence-corrected chi connectivity index (χ3v) is 8.68. The van der Waals surface area contributed by atoms with Crippen molar-refractivity contribution in [3.8, 4) is 5.69 Å². The predicted octanol–water partition coefficient (Wildman–Crippen LogP) is 2.28. The lowest BCUT2D eigenvalue weighted by Gasteiger charge is -2.36. The lowest BCUT2D eigenvalue weighted by Crippen LogP contribution is -2.52. The first-order valence-corrected chi connectivity index (χ1v) is 12.7. The quantitative estimate of drug-likeness (QED) is 0.570. The van der Waals surface area contributed by atoms with E-state index in [1.165, 1.54) is 15.9 Å². The van der Waals surface area contributed by atoms with E-state index in [9.17, 15) is 18.0 Å². The molecule has 1 aliphatic rings. The molecule has 8 nitrogen and oxygen atoms in total. The molecule has 0 radical (unpaired) electrons. The van der Waals surface area contributed by atoms with Crippen LogP contribution in [0.1, 0.15) is 22.4 Å². The Kier molecular flexibility index (Phi) is 6.26. The Balaban J connectivity index is 1.67. The monoisotopic (exact) mass is 482 g/mol. The van der Waals surface area contributed by atoms with E-state index in [1.807, 2.05) is 62.1 Å². The van der Waals surface area contributed by atoms with Crippen LogP contribution in [-0.4, -0.2) is 48.0 Å². The van der Waals surface area contributed by atoms with Crippen LogP contribution in [0.2, 0.25) is 0 Å². The number of nitrogens with zero attached hydrogens (tertiary/aromatic N) is 4. The zero-order chi connectivity index (χ0) is 24.8. The summed E-state index contributed by atoms with van der Waals surface area (Å²) in [5, 5.41) is 0. The van der Waals surface area contributed by atoms with Crippen molar-refractivity contribution in [2.75, 3.05) is 31.1 Å². The van der Waals surface area contributed by atoms with Gasteiger partial charge in [0.05, 0.1) is 16.3 Å². The summed E-state index contributed by atoms with van der Waals surface area (Å²) in [6, 6.07) is 12.8. The van der Waals surface area contributed by atoms with Crippen LogP contribution >= 0.6 is 0 Å². The van der Waals surface area contributed by atoms with Gasteiger partial charge in [0, 0.05) is 33.2 Å². The van der Waals surface area contributed by atoms with E-state index in [-0.39, 0.29) is 18.6 Å². The number of hydrogen-bond acceptors (Lipinski definition) is 5. The van der Waals surface area contributed by atoms with E-state index < -0.39 is 15.7 Å². The van der Waals surface area contributed by atoms with E-state index in [2.05, 4.69) is 0 Å². The first-order chi connectivity index (χ1) is 16.0. The highest BCUT2D eigenvalue weighted by atomic mass is 32.2. The Labute approximate surface area is 199 Å². The van der Waals surface area contributed by atoms with E-state index in [1.54, 1.807) is 13.0 Å². The zero-order valence-electron chi connectivity index (χ0n) is 20.2. The van der Waals surface area contributed by atoms with Gasteiger partial charge in [0.15, 0.2) is 0 Å². The molecule has 9 heteroatoms. The van der Waals surface area contributed by atoms with Crippen molar-refractivity contribution in [1.29, 1.82) is 0 Å². The third kappa shape index (κ3) is 3.99. The average molecular weight is 483 g/mol. The summed E-state index contributed by atoms with van der Waals surface area (Å²) in [4.78, 5) is 28.2. The fourth-order valence-electron chi connectivity index (χ4n) is 4.55. The minimum Gasteiger partial charge on any atom is -0.363 e. The molecule has 0 N–H and O–H groups in total. The molecule has 0 atom stereocenters. The molecule has 0 bridgehead atoms. The van der Waals surface area contributed by atoms with Crippen LogP contribution in [-0.2, 0) is 17.1 Å². The fourth-order valence-corrected chi connectivity index (χ4v) is 6.26. The molecule has 4 rings (SSSR count). The molecule has 0 unspecified atom stereocenters. The van der Waals surface area contributed by atoms with Gasteiger partial charge < -0.3 is 4.90 Å². The molecule has 1 aliphatic heterocycles. The van der Waals surface area contributed by atoms with Gasteiger partial charge in [-0.3, -0.25) is 13.9 Å². The fraction of sp³-hybridized carbons (Fsp3) is 0.360. The molecule has 1 saturated heterocycles. The summed E-state index contributed by atoms with van der Waals surface area (Å²) >= 11 is 0. The number of para-hydroxylation sites is 1. The highest BCUT2D eigenvalue weighted by Crippen LogP contribution is 2.26. The molecular formula is C25H30N4O4S. The van der Waals surface area contributed by atoms with Crippen molar-refractivity contribution in [3.05, 3.63) is 85.7 Å². The second-order valence-electron chi connectivity index (χ2n) is 8.84. The average Bonchev–Trinajstić information content (AvgIpc) is 2.81. The van der Waals surface area contributed by atoms with Gasteiger partial charge in [-0.05, 0) is 62.6 Å². The van der Waals surface area contributed by atoms with Gasteiger partial charge in [0.2, 0.25) is 10.0 Å². The highest BCUT2D eigenvalue weighted by molar-refractivity contribution is 7.89. The number of aryl methyl sites for hydroxylation is 3. The number of hydrogen-bond donors (Lipinski definition) is 0. The Bertz CT molecular complexity index is 1470. The van der Waals surface area contributed by atoms with Gasteiger partial charge in [-0.25, -0.2) is 13.2 Å². The number of sulfonamides is 1. The second kappa shape index (κ2) is 8.88. The Morgan fingerprint density at radius 1 is 0.794 bits per heavy atom. The lowest BCUT2D eigenvalue weighted by molar-refractivity contribution is 0.383. The van der Waals surface area contributed by atoms with Crippen LogP contribution in [0.4, 0.5) is 5.69 Å². The molecule has 0 saturated carbocycles. The molecule has 1 aromatic heterocycles. The highest BCUT2D eigenvalue weighted by Gasteiger charge is 2.32. The second-order valence-corrected chi connectivity index (χ2v) is 10.8. The van der Waals surface area contributed by atoms with Gasteiger partial charge in [0.1, 0.15) is 5.69 Å². The number of rotatable bonds is 4. The van der Waals surface area contributed by atoms with Crippen LogP contribution in [0.25, 0.3) is 5.69 Å². The van der Waals surface area contributed by atoms with Crippen LogP contribution in [0.15, 0.2) is 56.9 Å². The SMILES string of the molecule is Cc1cc(C)c(S(=O)(=O)N2CCN(c3c(C)n(-c4ccccc4)c(=O)n(C)c3=O)CC2)cc1C. The maximum absolute atomic E-state index is 13.4. The summed E-state index contributed by atoms with van der Waals surface area (Å²) in [6.45, 7) is 8.66. The summed E-state index contributed by atoms with van der Waals surface area (Å²) in [7, 11) is -2.19. The minimum atomic E-state index is -3.66. The lowest BCUT2D eigenvalue weighted by atomic mass is 10.1. The number of piperazine rings is 1. The van der Waals surface area contributed by atoms with E-state index in [0.717, 1.165) is 21.3 Å². The number of benzene rings is 2. The van der Waals surface area contributed by atoms with Gasteiger partial charge in [-0.1, -0.05) is 24.3 Å². The van der Waals surface area contributed by atoms with E-state index >= 15 is 0 Å². The van der Waals surface area contributed by atoms with Crippen molar-refractivity contribution in [3.63, 3.8) is 0 Å². The molecule has 180 valence electrons. The minimum absolute atomic E-state index is 0.252. The molecule has 34 heavy (non-hydrogen) atoms. The van der Waals surface area contributed by atoms with Gasteiger partial charge in [-0.2, -0.15) is 4.31 Å². The summed E-state index contributed by atoms with van der Waals surface area (Å²) < 4.78 is 30.9. The van der Waals surface area contributed by atoms with Gasteiger partial charge >= 0.3 is 5.69 Å². The maximum Gasteiger partial charge on any atom is 0.335 e. The maximum atomic E-state index is 13.4. The van der Waals surface area contributed by atoms with Crippen LogP contribution in [0.3, 0.4) is 0 Å². The third-order valence-electron chi connectivity index (χ3n) is 6.64. The summed E-state index contributed by atoms with van der Waals surface area (Å²) in [6.07, 6.45) is 0. The first-order valence-electron chi connectivity index (χ1n) is 11.2. The van der Waals surface area contributed by atoms with Crippen molar-refractivity contribution in [2.45, 2.75) is 32.6 Å². The largest absolute Gasteiger partial charge is 0.363 e. The van der Waals surface area contributed by atoms with Gasteiger partial charge in [0.25, 0.3) is 5.56 Å². The first kappa shape index (κ1) is 24.0. The van der Waals surface area contributed by atoms with Crippen LogP contribution < -0.4 is 16.1 Å². The van der Waals surface area contributed by atoms with E-state index in [0.29, 0.717) is 35.1 Å². The molecule has 2 aromatic carbocycles. The Hall–Kier alpha value is -3.17. The van der Waals surface area contributed by atoms with Crippen molar-refractivity contribution in [1.82, 2.24) is 13.4 Å². The Morgan fingerprint density at radius 2 is 1.38 bits per heavy atom.